The Bertz CT molecular complexity index is 452. The Balaban J connectivity index is 2.54. The van der Waals surface area contributed by atoms with Gasteiger partial charge in [0.05, 0.1) is 11.5 Å². The molecule has 0 aliphatic rings. The van der Waals surface area contributed by atoms with Crippen molar-refractivity contribution in [2.75, 3.05) is 25.1 Å². The van der Waals surface area contributed by atoms with Gasteiger partial charge in [-0.1, -0.05) is 6.07 Å². The van der Waals surface area contributed by atoms with E-state index in [4.69, 9.17) is 9.84 Å². The van der Waals surface area contributed by atoms with E-state index in [1.807, 2.05) is 0 Å². The smallest absolute Gasteiger partial charge is 0.329 e. The number of nitrogens with one attached hydrogen (secondary N) is 1. The van der Waals surface area contributed by atoms with Crippen LogP contribution in [0.15, 0.2) is 18.2 Å². The third-order valence-electron chi connectivity index (χ3n) is 1.96. The van der Waals surface area contributed by atoms with Gasteiger partial charge in [0.25, 0.3) is 0 Å². The molecule has 1 aromatic rings. The number of hydrogen-bond acceptors (Lipinski definition) is 5. The van der Waals surface area contributed by atoms with Crippen molar-refractivity contribution in [3.05, 3.63) is 34.1 Å². The van der Waals surface area contributed by atoms with Gasteiger partial charge in [0, 0.05) is 6.54 Å². The summed E-state index contributed by atoms with van der Waals surface area (Å²) in [6.07, 6.45) is 0. The summed E-state index contributed by atoms with van der Waals surface area (Å²) in [4.78, 5) is 19.9. The standard InChI is InChI=1S/C10H11FN2O5/c11-7-2-1-3-8(10(7)13(16)17)12-4-5-18-6-9(14)15/h1-3,12H,4-6H2,(H,14,15). The lowest BCUT2D eigenvalue weighted by Gasteiger charge is -2.07. The average Bonchev–Trinajstić information content (AvgIpc) is 2.27. The van der Waals surface area contributed by atoms with Gasteiger partial charge in [0.2, 0.25) is 5.82 Å². The molecule has 0 atom stereocenters. The summed E-state index contributed by atoms with van der Waals surface area (Å²) in [7, 11) is 0. The van der Waals surface area contributed by atoms with E-state index in [0.29, 0.717) is 0 Å². The molecule has 0 heterocycles. The number of carboxylic acids is 1. The Morgan fingerprint density at radius 1 is 1.56 bits per heavy atom. The Kier molecular flexibility index (Phi) is 5.00. The van der Waals surface area contributed by atoms with Gasteiger partial charge in [0.1, 0.15) is 12.3 Å². The van der Waals surface area contributed by atoms with Gasteiger partial charge in [-0.05, 0) is 12.1 Å². The van der Waals surface area contributed by atoms with Gasteiger partial charge in [-0.15, -0.1) is 0 Å². The maximum Gasteiger partial charge on any atom is 0.329 e. The molecule has 0 aliphatic heterocycles. The molecule has 98 valence electrons. The second-order valence-electron chi connectivity index (χ2n) is 3.27. The number of anilines is 1. The SMILES string of the molecule is O=C(O)COCCNc1cccc(F)c1[N+](=O)[O-]. The first-order chi connectivity index (χ1) is 8.52. The van der Waals surface area contributed by atoms with Crippen molar-refractivity contribution in [1.82, 2.24) is 0 Å². The number of aliphatic carboxylic acids is 1. The summed E-state index contributed by atoms with van der Waals surface area (Å²) in [5.41, 5.74) is -0.616. The first kappa shape index (κ1) is 13.8. The summed E-state index contributed by atoms with van der Waals surface area (Å²) < 4.78 is 17.9. The normalized spacial score (nSPS) is 10.1. The highest BCUT2D eigenvalue weighted by molar-refractivity contribution is 5.68. The quantitative estimate of drug-likeness (QED) is 0.433. The molecule has 0 unspecified atom stereocenters. The van der Waals surface area contributed by atoms with Crippen LogP contribution in [0, 0.1) is 15.9 Å². The minimum absolute atomic E-state index is 0.0268. The van der Waals surface area contributed by atoms with Crippen LogP contribution in [-0.4, -0.2) is 35.8 Å². The topological polar surface area (TPSA) is 102 Å². The van der Waals surface area contributed by atoms with E-state index < -0.39 is 29.0 Å². The van der Waals surface area contributed by atoms with Crippen LogP contribution in [0.5, 0.6) is 0 Å². The largest absolute Gasteiger partial charge is 0.480 e. The van der Waals surface area contributed by atoms with E-state index in [0.717, 1.165) is 6.07 Å². The fourth-order valence-corrected chi connectivity index (χ4v) is 1.26. The van der Waals surface area contributed by atoms with E-state index in [9.17, 15) is 19.3 Å². The number of carbonyl (C=O) groups is 1. The van der Waals surface area contributed by atoms with Crippen molar-refractivity contribution in [2.24, 2.45) is 0 Å². The maximum atomic E-state index is 13.2. The number of carboxylic acid groups (broad SMARTS) is 1. The third kappa shape index (κ3) is 3.98. The zero-order valence-electron chi connectivity index (χ0n) is 9.26. The van der Waals surface area contributed by atoms with Crippen LogP contribution in [0.3, 0.4) is 0 Å². The minimum Gasteiger partial charge on any atom is -0.480 e. The molecule has 7 nitrogen and oxygen atoms in total. The molecule has 0 aliphatic carbocycles. The van der Waals surface area contributed by atoms with E-state index in [1.165, 1.54) is 12.1 Å². The summed E-state index contributed by atoms with van der Waals surface area (Å²) in [5.74, 6) is -2.04. The third-order valence-corrected chi connectivity index (χ3v) is 1.96. The molecule has 0 aromatic heterocycles. The number of rotatable bonds is 7. The molecule has 0 saturated heterocycles. The van der Waals surface area contributed by atoms with Crippen molar-refractivity contribution in [1.29, 1.82) is 0 Å². The van der Waals surface area contributed by atoms with Crippen LogP contribution in [0.25, 0.3) is 0 Å². The van der Waals surface area contributed by atoms with E-state index >= 15 is 0 Å². The molecule has 0 fully saturated rings. The number of para-hydroxylation sites is 1. The molecule has 0 amide bonds. The lowest BCUT2D eigenvalue weighted by atomic mass is 10.2. The highest BCUT2D eigenvalue weighted by Gasteiger charge is 2.19. The Labute approximate surface area is 101 Å². The molecule has 1 rings (SSSR count). The fraction of sp³-hybridized carbons (Fsp3) is 0.300. The highest BCUT2D eigenvalue weighted by atomic mass is 19.1. The molecule has 8 heteroatoms. The number of nitrogens with zero attached hydrogens (tertiary/aromatic N) is 1. The van der Waals surface area contributed by atoms with Crippen LogP contribution in [0.1, 0.15) is 0 Å². The number of ether oxygens (including phenoxy) is 1. The molecular weight excluding hydrogens is 247 g/mol. The van der Waals surface area contributed by atoms with Crippen LogP contribution in [0.4, 0.5) is 15.8 Å². The zero-order chi connectivity index (χ0) is 13.5. The van der Waals surface area contributed by atoms with E-state index in [2.05, 4.69) is 5.32 Å². The molecule has 2 N–H and O–H groups in total. The van der Waals surface area contributed by atoms with E-state index in [-0.39, 0.29) is 18.8 Å². The van der Waals surface area contributed by atoms with Crippen LogP contribution >= 0.6 is 0 Å². The first-order valence-electron chi connectivity index (χ1n) is 4.98. The first-order valence-corrected chi connectivity index (χ1v) is 4.98. The minimum atomic E-state index is -1.10. The maximum absolute atomic E-state index is 13.2. The van der Waals surface area contributed by atoms with E-state index in [1.54, 1.807) is 0 Å². The molecule has 1 aromatic carbocycles. The predicted octanol–water partition coefficient (Wildman–Crippen LogP) is 1.25. The van der Waals surface area contributed by atoms with Crippen molar-refractivity contribution < 1.29 is 24.0 Å². The van der Waals surface area contributed by atoms with Gasteiger partial charge >= 0.3 is 11.7 Å². The van der Waals surface area contributed by atoms with Gasteiger partial charge in [-0.3, -0.25) is 10.1 Å². The summed E-state index contributed by atoms with van der Waals surface area (Å²) in [6, 6.07) is 3.69. The number of nitro benzene ring substituents is 1. The second-order valence-corrected chi connectivity index (χ2v) is 3.27. The van der Waals surface area contributed by atoms with Gasteiger partial charge in [-0.25, -0.2) is 4.79 Å². The lowest BCUT2D eigenvalue weighted by Crippen LogP contribution is -2.14. The second kappa shape index (κ2) is 6.50. The zero-order valence-corrected chi connectivity index (χ0v) is 9.26. The fourth-order valence-electron chi connectivity index (χ4n) is 1.26. The summed E-state index contributed by atoms with van der Waals surface area (Å²) in [5, 5.41) is 21.5. The van der Waals surface area contributed by atoms with Crippen LogP contribution in [-0.2, 0) is 9.53 Å². The van der Waals surface area contributed by atoms with Crippen molar-refractivity contribution >= 4 is 17.3 Å². The number of halogens is 1. The summed E-state index contributed by atoms with van der Waals surface area (Å²) in [6.45, 7) is -0.273. The van der Waals surface area contributed by atoms with Crippen molar-refractivity contribution in [3.63, 3.8) is 0 Å². The Hall–Kier alpha value is -2.22. The van der Waals surface area contributed by atoms with Gasteiger partial charge in [0.15, 0.2) is 0 Å². The number of nitro groups is 1. The van der Waals surface area contributed by atoms with Crippen LogP contribution in [0.2, 0.25) is 0 Å². The number of hydrogen-bond donors (Lipinski definition) is 2. The predicted molar refractivity (Wildman–Crippen MR) is 60.0 cm³/mol. The highest BCUT2D eigenvalue weighted by Crippen LogP contribution is 2.26. The molecule has 0 saturated carbocycles. The molecular formula is C10H11FN2O5. The average molecular weight is 258 g/mol. The molecule has 0 bridgehead atoms. The van der Waals surface area contributed by atoms with Gasteiger partial charge in [-0.2, -0.15) is 4.39 Å². The van der Waals surface area contributed by atoms with Gasteiger partial charge < -0.3 is 15.2 Å². The molecule has 18 heavy (non-hydrogen) atoms. The van der Waals surface area contributed by atoms with Crippen LogP contribution < -0.4 is 5.32 Å². The number of benzene rings is 1. The Morgan fingerprint density at radius 2 is 2.28 bits per heavy atom. The monoisotopic (exact) mass is 258 g/mol. The molecule has 0 radical (unpaired) electrons. The lowest BCUT2D eigenvalue weighted by molar-refractivity contribution is -0.386. The van der Waals surface area contributed by atoms with Crippen molar-refractivity contribution in [2.45, 2.75) is 0 Å². The van der Waals surface area contributed by atoms with Crippen molar-refractivity contribution in [3.8, 4) is 0 Å². The summed E-state index contributed by atoms with van der Waals surface area (Å²) >= 11 is 0. The molecule has 0 spiro atoms. The Morgan fingerprint density at radius 3 is 2.89 bits per heavy atom.